The first kappa shape index (κ1) is 10.6. The van der Waals surface area contributed by atoms with Crippen LogP contribution in [0.15, 0.2) is 18.2 Å². The van der Waals surface area contributed by atoms with E-state index in [0.29, 0.717) is 5.82 Å². The van der Waals surface area contributed by atoms with Crippen molar-refractivity contribution < 1.29 is 0 Å². The van der Waals surface area contributed by atoms with Gasteiger partial charge in [-0.15, -0.1) is 5.10 Å². The van der Waals surface area contributed by atoms with E-state index in [1.807, 2.05) is 39.0 Å². The number of aromatic nitrogens is 3. The van der Waals surface area contributed by atoms with Gasteiger partial charge < -0.3 is 0 Å². The lowest BCUT2D eigenvalue weighted by molar-refractivity contribution is 0.561. The van der Waals surface area contributed by atoms with Gasteiger partial charge in [-0.1, -0.05) is 19.9 Å². The summed E-state index contributed by atoms with van der Waals surface area (Å²) in [7, 11) is 0. The van der Waals surface area contributed by atoms with Gasteiger partial charge in [0, 0.05) is 5.69 Å². The molecule has 0 saturated carbocycles. The molecule has 2 heterocycles. The Morgan fingerprint density at radius 3 is 2.69 bits per heavy atom. The van der Waals surface area contributed by atoms with Crippen LogP contribution in [-0.2, 0) is 0 Å². The highest BCUT2D eigenvalue weighted by Crippen LogP contribution is 2.21. The molecule has 0 aliphatic rings. The van der Waals surface area contributed by atoms with Gasteiger partial charge in [-0.05, 0) is 25.0 Å². The van der Waals surface area contributed by atoms with Gasteiger partial charge in [0.05, 0.1) is 6.07 Å². The lowest BCUT2D eigenvalue weighted by atomic mass is 9.97. The number of hydrogen-bond donors (Lipinski definition) is 0. The first-order valence-corrected chi connectivity index (χ1v) is 5.35. The van der Waals surface area contributed by atoms with E-state index >= 15 is 0 Å². The Kier molecular flexibility index (Phi) is 2.61. The van der Waals surface area contributed by atoms with Gasteiger partial charge in [0.15, 0.2) is 11.5 Å². The summed E-state index contributed by atoms with van der Waals surface area (Å²) < 4.78 is 1.78. The van der Waals surface area contributed by atoms with E-state index in [9.17, 15) is 0 Å². The van der Waals surface area contributed by atoms with Gasteiger partial charge >= 0.3 is 0 Å². The maximum absolute atomic E-state index is 9.11. The molecular weight excluding hydrogens is 200 g/mol. The van der Waals surface area contributed by atoms with Crippen molar-refractivity contribution in [1.82, 2.24) is 14.6 Å². The van der Waals surface area contributed by atoms with Gasteiger partial charge in [-0.25, -0.2) is 9.50 Å². The van der Waals surface area contributed by atoms with Gasteiger partial charge in [0.25, 0.3) is 0 Å². The molecule has 2 aromatic rings. The fourth-order valence-electron chi connectivity index (χ4n) is 1.69. The fourth-order valence-corrected chi connectivity index (χ4v) is 1.69. The van der Waals surface area contributed by atoms with E-state index in [2.05, 4.69) is 16.2 Å². The normalized spacial score (nSPS) is 12.9. The molecular formula is C12H14N4. The average Bonchev–Trinajstić information content (AvgIpc) is 2.63. The molecule has 4 nitrogen and oxygen atoms in total. The van der Waals surface area contributed by atoms with Gasteiger partial charge in [0.1, 0.15) is 5.92 Å². The molecule has 1 unspecified atom stereocenters. The minimum absolute atomic E-state index is 0.225. The second-order valence-corrected chi connectivity index (χ2v) is 4.26. The van der Waals surface area contributed by atoms with E-state index < -0.39 is 0 Å². The molecule has 0 N–H and O–H groups in total. The third-order valence-corrected chi connectivity index (χ3v) is 2.65. The van der Waals surface area contributed by atoms with Gasteiger partial charge in [-0.2, -0.15) is 5.26 Å². The molecule has 0 spiro atoms. The summed E-state index contributed by atoms with van der Waals surface area (Å²) in [5, 5.41) is 13.5. The lowest BCUT2D eigenvalue weighted by Crippen LogP contribution is -2.06. The number of nitrogens with zero attached hydrogens (tertiary/aromatic N) is 4. The third kappa shape index (κ3) is 1.65. The SMILES string of the molecule is Cc1cccc2nc(C(C#N)C(C)C)nn12. The van der Waals surface area contributed by atoms with Crippen molar-refractivity contribution in [3.8, 4) is 6.07 Å². The second-order valence-electron chi connectivity index (χ2n) is 4.26. The number of aryl methyl sites for hydroxylation is 1. The Morgan fingerprint density at radius 1 is 1.38 bits per heavy atom. The van der Waals surface area contributed by atoms with Crippen molar-refractivity contribution in [3.05, 3.63) is 29.7 Å². The topological polar surface area (TPSA) is 54.0 Å². The summed E-state index contributed by atoms with van der Waals surface area (Å²) in [6, 6.07) is 8.08. The predicted octanol–water partition coefficient (Wildman–Crippen LogP) is 2.30. The maximum Gasteiger partial charge on any atom is 0.169 e. The summed E-state index contributed by atoms with van der Waals surface area (Å²) in [5.41, 5.74) is 1.83. The van der Waals surface area contributed by atoms with E-state index in [1.54, 1.807) is 4.52 Å². The highest BCUT2D eigenvalue weighted by Gasteiger charge is 2.20. The fraction of sp³-hybridized carbons (Fsp3) is 0.417. The molecule has 0 aromatic carbocycles. The van der Waals surface area contributed by atoms with E-state index in [-0.39, 0.29) is 11.8 Å². The van der Waals surface area contributed by atoms with E-state index in [4.69, 9.17) is 5.26 Å². The van der Waals surface area contributed by atoms with Crippen LogP contribution in [0.25, 0.3) is 5.65 Å². The highest BCUT2D eigenvalue weighted by molar-refractivity contribution is 5.39. The number of rotatable bonds is 2. The van der Waals surface area contributed by atoms with Crippen LogP contribution in [-0.4, -0.2) is 14.6 Å². The summed E-state index contributed by atoms with van der Waals surface area (Å²) >= 11 is 0. The monoisotopic (exact) mass is 214 g/mol. The van der Waals surface area contributed by atoms with Crippen molar-refractivity contribution in [2.75, 3.05) is 0 Å². The van der Waals surface area contributed by atoms with E-state index in [1.165, 1.54) is 0 Å². The molecule has 0 fully saturated rings. The molecule has 0 saturated heterocycles. The molecule has 0 amide bonds. The minimum Gasteiger partial charge on any atom is -0.218 e. The van der Waals surface area contributed by atoms with Gasteiger partial charge in [0.2, 0.25) is 0 Å². The summed E-state index contributed by atoms with van der Waals surface area (Å²) in [6.45, 7) is 5.99. The smallest absolute Gasteiger partial charge is 0.169 e. The first-order chi connectivity index (χ1) is 7.63. The number of nitriles is 1. The highest BCUT2D eigenvalue weighted by atomic mass is 15.3. The van der Waals surface area contributed by atoms with Crippen LogP contribution in [0.5, 0.6) is 0 Å². The second kappa shape index (κ2) is 3.93. The zero-order valence-corrected chi connectivity index (χ0v) is 9.68. The summed E-state index contributed by atoms with van der Waals surface area (Å²) in [5.74, 6) is 0.605. The standard InChI is InChI=1S/C12H14N4/c1-8(2)10(7-13)12-14-11-6-4-5-9(3)16(11)15-12/h4-6,8,10H,1-3H3. The molecule has 2 aromatic heterocycles. The van der Waals surface area contributed by atoms with Crippen LogP contribution in [0.1, 0.15) is 31.3 Å². The van der Waals surface area contributed by atoms with Crippen molar-refractivity contribution in [2.24, 2.45) is 5.92 Å². The number of hydrogen-bond acceptors (Lipinski definition) is 3. The molecule has 0 aliphatic carbocycles. The molecule has 82 valence electrons. The minimum atomic E-state index is -0.237. The molecule has 16 heavy (non-hydrogen) atoms. The molecule has 2 rings (SSSR count). The summed E-state index contributed by atoms with van der Waals surface area (Å²) in [4.78, 5) is 4.40. The molecule has 0 radical (unpaired) electrons. The maximum atomic E-state index is 9.11. The Labute approximate surface area is 94.5 Å². The van der Waals surface area contributed by atoms with Crippen LogP contribution in [0, 0.1) is 24.2 Å². The van der Waals surface area contributed by atoms with Crippen molar-refractivity contribution in [1.29, 1.82) is 5.26 Å². The lowest BCUT2D eigenvalue weighted by Gasteiger charge is -2.07. The van der Waals surface area contributed by atoms with Crippen molar-refractivity contribution >= 4 is 5.65 Å². The zero-order valence-electron chi connectivity index (χ0n) is 9.68. The van der Waals surface area contributed by atoms with Crippen LogP contribution in [0.2, 0.25) is 0 Å². The quantitative estimate of drug-likeness (QED) is 0.770. The molecule has 4 heteroatoms. The van der Waals surface area contributed by atoms with Crippen LogP contribution >= 0.6 is 0 Å². The van der Waals surface area contributed by atoms with E-state index in [0.717, 1.165) is 11.3 Å². The van der Waals surface area contributed by atoms with Crippen molar-refractivity contribution in [3.63, 3.8) is 0 Å². The number of fused-ring (bicyclic) bond motifs is 1. The zero-order chi connectivity index (χ0) is 11.7. The van der Waals surface area contributed by atoms with Gasteiger partial charge in [-0.3, -0.25) is 0 Å². The summed E-state index contributed by atoms with van der Waals surface area (Å²) in [6.07, 6.45) is 0. The molecule has 0 bridgehead atoms. The largest absolute Gasteiger partial charge is 0.218 e. The molecule has 0 aliphatic heterocycles. The Bertz CT molecular complexity index is 548. The van der Waals surface area contributed by atoms with Crippen molar-refractivity contribution in [2.45, 2.75) is 26.7 Å². The molecule has 1 atom stereocenters. The number of pyridine rings is 1. The Hall–Kier alpha value is -1.89. The van der Waals surface area contributed by atoms with Crippen LogP contribution < -0.4 is 0 Å². The Balaban J connectivity index is 2.55. The van der Waals surface area contributed by atoms with Crippen LogP contribution in [0.4, 0.5) is 0 Å². The van der Waals surface area contributed by atoms with Crippen LogP contribution in [0.3, 0.4) is 0 Å². The predicted molar refractivity (Wildman–Crippen MR) is 60.9 cm³/mol. The Morgan fingerprint density at radius 2 is 2.12 bits per heavy atom. The average molecular weight is 214 g/mol. The third-order valence-electron chi connectivity index (χ3n) is 2.65. The first-order valence-electron chi connectivity index (χ1n) is 5.35.